The van der Waals surface area contributed by atoms with Crippen molar-refractivity contribution < 1.29 is 9.90 Å². The first-order valence-electron chi connectivity index (χ1n) is 5.48. The third-order valence-electron chi connectivity index (χ3n) is 3.12. The van der Waals surface area contributed by atoms with Gasteiger partial charge in [0.1, 0.15) is 0 Å². The molecule has 1 heterocycles. The van der Waals surface area contributed by atoms with Crippen LogP contribution in [0.3, 0.4) is 0 Å². The summed E-state index contributed by atoms with van der Waals surface area (Å²) >= 11 is 0. The Morgan fingerprint density at radius 1 is 1.53 bits per heavy atom. The molecule has 0 radical (unpaired) electrons. The molecule has 0 aromatic heterocycles. The van der Waals surface area contributed by atoms with Crippen molar-refractivity contribution in [3.05, 3.63) is 0 Å². The Hall–Kier alpha value is -0.610. The van der Waals surface area contributed by atoms with Crippen molar-refractivity contribution in [2.24, 2.45) is 0 Å². The molecule has 1 saturated heterocycles. The maximum atomic E-state index is 10.6. The van der Waals surface area contributed by atoms with Crippen molar-refractivity contribution >= 4 is 5.97 Å². The maximum Gasteiger partial charge on any atom is 0.317 e. The molecule has 0 spiro atoms. The van der Waals surface area contributed by atoms with E-state index < -0.39 is 5.97 Å². The fraction of sp³-hybridized carbons (Fsp3) is 0.909. The number of hydrogen-bond donors (Lipinski definition) is 1. The maximum absolute atomic E-state index is 10.6. The second-order valence-electron chi connectivity index (χ2n) is 5.37. The highest BCUT2D eigenvalue weighted by atomic mass is 16.4. The Bertz CT molecular complexity index is 235. The molecule has 88 valence electrons. The monoisotopic (exact) mass is 214 g/mol. The van der Waals surface area contributed by atoms with Crippen LogP contribution in [0.5, 0.6) is 0 Å². The van der Waals surface area contributed by atoms with Crippen molar-refractivity contribution in [3.8, 4) is 0 Å². The van der Waals surface area contributed by atoms with Crippen molar-refractivity contribution in [3.63, 3.8) is 0 Å². The molecule has 0 aromatic carbocycles. The van der Waals surface area contributed by atoms with Gasteiger partial charge < -0.3 is 5.11 Å². The second kappa shape index (κ2) is 4.49. The van der Waals surface area contributed by atoms with E-state index in [1.807, 2.05) is 11.9 Å². The molecule has 1 fully saturated rings. The Kier molecular flexibility index (Phi) is 3.73. The summed E-state index contributed by atoms with van der Waals surface area (Å²) in [4.78, 5) is 14.9. The number of aliphatic carboxylic acids is 1. The van der Waals surface area contributed by atoms with Crippen molar-refractivity contribution in [2.45, 2.75) is 38.8 Å². The van der Waals surface area contributed by atoms with Crippen LogP contribution in [0.1, 0.15) is 27.2 Å². The zero-order valence-corrected chi connectivity index (χ0v) is 10.2. The fourth-order valence-corrected chi connectivity index (χ4v) is 2.05. The Morgan fingerprint density at radius 3 is 2.53 bits per heavy atom. The smallest absolute Gasteiger partial charge is 0.317 e. The summed E-state index contributed by atoms with van der Waals surface area (Å²) in [5.41, 5.74) is 0.193. The van der Waals surface area contributed by atoms with Crippen LogP contribution in [-0.4, -0.2) is 59.1 Å². The quantitative estimate of drug-likeness (QED) is 0.757. The van der Waals surface area contributed by atoms with Crippen molar-refractivity contribution in [1.29, 1.82) is 0 Å². The van der Waals surface area contributed by atoms with Gasteiger partial charge in [-0.25, -0.2) is 0 Å². The summed E-state index contributed by atoms with van der Waals surface area (Å²) in [6, 6.07) is 0.389. The lowest BCUT2D eigenvalue weighted by molar-refractivity contribution is -0.138. The van der Waals surface area contributed by atoms with Crippen LogP contribution in [0.4, 0.5) is 0 Å². The summed E-state index contributed by atoms with van der Waals surface area (Å²) in [7, 11) is 1.89. The normalized spacial score (nSPS) is 23.7. The van der Waals surface area contributed by atoms with Gasteiger partial charge in [0, 0.05) is 24.7 Å². The van der Waals surface area contributed by atoms with Crippen molar-refractivity contribution in [1.82, 2.24) is 9.80 Å². The first-order valence-corrected chi connectivity index (χ1v) is 5.48. The highest BCUT2D eigenvalue weighted by Crippen LogP contribution is 2.22. The molecule has 0 aromatic rings. The first-order chi connectivity index (χ1) is 6.80. The summed E-state index contributed by atoms with van der Waals surface area (Å²) in [5.74, 6) is -0.744. The van der Waals surface area contributed by atoms with E-state index in [9.17, 15) is 4.79 Å². The van der Waals surface area contributed by atoms with Crippen LogP contribution >= 0.6 is 0 Å². The van der Waals surface area contributed by atoms with Crippen LogP contribution in [0, 0.1) is 0 Å². The topological polar surface area (TPSA) is 43.8 Å². The third kappa shape index (κ3) is 3.47. The zero-order chi connectivity index (χ0) is 11.6. The Labute approximate surface area is 91.9 Å². The molecule has 4 nitrogen and oxygen atoms in total. The number of carbonyl (C=O) groups is 1. The average Bonchev–Trinajstić information content (AvgIpc) is 2.48. The molecule has 1 unspecified atom stereocenters. The van der Waals surface area contributed by atoms with Gasteiger partial charge >= 0.3 is 5.97 Å². The number of carboxylic acids is 1. The highest BCUT2D eigenvalue weighted by Gasteiger charge is 2.32. The number of rotatable bonds is 3. The molecule has 1 aliphatic rings. The first kappa shape index (κ1) is 12.5. The standard InChI is InChI=1S/C11H22N2O2/c1-11(2,3)13-6-5-9(7-13)12(4)8-10(14)15/h9H,5-8H2,1-4H3,(H,14,15). The lowest BCUT2D eigenvalue weighted by atomic mass is 10.1. The minimum absolute atomic E-state index is 0.142. The van der Waals surface area contributed by atoms with Gasteiger partial charge in [0.2, 0.25) is 0 Å². The predicted molar refractivity (Wildman–Crippen MR) is 60.0 cm³/mol. The van der Waals surface area contributed by atoms with Gasteiger partial charge in [0.25, 0.3) is 0 Å². The summed E-state index contributed by atoms with van der Waals surface area (Å²) in [6.07, 6.45) is 1.07. The number of hydrogen-bond acceptors (Lipinski definition) is 3. The van der Waals surface area contributed by atoms with Crippen LogP contribution in [0.2, 0.25) is 0 Å². The molecular weight excluding hydrogens is 192 g/mol. The molecule has 0 aliphatic carbocycles. The zero-order valence-electron chi connectivity index (χ0n) is 10.2. The Morgan fingerprint density at radius 2 is 2.13 bits per heavy atom. The summed E-state index contributed by atoms with van der Waals surface area (Å²) in [5, 5.41) is 8.71. The minimum atomic E-state index is -0.744. The van der Waals surface area contributed by atoms with Crippen LogP contribution < -0.4 is 0 Å². The minimum Gasteiger partial charge on any atom is -0.480 e. The van der Waals surface area contributed by atoms with Crippen LogP contribution in [0.25, 0.3) is 0 Å². The van der Waals surface area contributed by atoms with E-state index in [1.165, 1.54) is 0 Å². The Balaban J connectivity index is 2.45. The number of nitrogens with zero attached hydrogens (tertiary/aromatic N) is 2. The predicted octanol–water partition coefficient (Wildman–Crippen LogP) is 0.876. The van der Waals surface area contributed by atoms with Crippen LogP contribution in [0.15, 0.2) is 0 Å². The van der Waals surface area contributed by atoms with E-state index in [0.717, 1.165) is 19.5 Å². The molecule has 1 N–H and O–H groups in total. The highest BCUT2D eigenvalue weighted by molar-refractivity contribution is 5.69. The van der Waals surface area contributed by atoms with Gasteiger partial charge in [-0.1, -0.05) is 0 Å². The van der Waals surface area contributed by atoms with Crippen molar-refractivity contribution in [2.75, 3.05) is 26.7 Å². The fourth-order valence-electron chi connectivity index (χ4n) is 2.05. The van der Waals surface area contributed by atoms with E-state index in [-0.39, 0.29) is 12.1 Å². The molecule has 4 heteroatoms. The van der Waals surface area contributed by atoms with E-state index in [4.69, 9.17) is 5.11 Å². The third-order valence-corrected chi connectivity index (χ3v) is 3.12. The molecular formula is C11H22N2O2. The second-order valence-corrected chi connectivity index (χ2v) is 5.37. The molecule has 0 bridgehead atoms. The van der Waals surface area contributed by atoms with Gasteiger partial charge in [0.15, 0.2) is 0 Å². The number of carboxylic acid groups (broad SMARTS) is 1. The lowest BCUT2D eigenvalue weighted by Crippen LogP contribution is -2.43. The van der Waals surface area contributed by atoms with E-state index in [0.29, 0.717) is 6.04 Å². The molecule has 1 aliphatic heterocycles. The van der Waals surface area contributed by atoms with Gasteiger partial charge in [-0.15, -0.1) is 0 Å². The average molecular weight is 214 g/mol. The van der Waals surface area contributed by atoms with E-state index in [2.05, 4.69) is 25.7 Å². The summed E-state index contributed by atoms with van der Waals surface area (Å²) in [6.45, 7) is 8.79. The van der Waals surface area contributed by atoms with Gasteiger partial charge in [-0.05, 0) is 34.2 Å². The summed E-state index contributed by atoms with van der Waals surface area (Å²) < 4.78 is 0. The van der Waals surface area contributed by atoms with Gasteiger partial charge in [0.05, 0.1) is 6.54 Å². The molecule has 1 rings (SSSR count). The lowest BCUT2D eigenvalue weighted by Gasteiger charge is -2.32. The molecule has 0 saturated carbocycles. The number of likely N-dealkylation sites (tertiary alicyclic amines) is 1. The van der Waals surface area contributed by atoms with Crippen LogP contribution in [-0.2, 0) is 4.79 Å². The van der Waals surface area contributed by atoms with E-state index in [1.54, 1.807) is 0 Å². The SMILES string of the molecule is CN(CC(=O)O)C1CCN(C(C)(C)C)C1. The van der Waals surface area contributed by atoms with Gasteiger partial charge in [-0.3, -0.25) is 14.6 Å². The van der Waals surface area contributed by atoms with Gasteiger partial charge in [-0.2, -0.15) is 0 Å². The molecule has 0 amide bonds. The molecule has 1 atom stereocenters. The molecule has 15 heavy (non-hydrogen) atoms. The van der Waals surface area contributed by atoms with E-state index >= 15 is 0 Å². The number of likely N-dealkylation sites (N-methyl/N-ethyl adjacent to an activating group) is 1. The largest absolute Gasteiger partial charge is 0.480 e.